The molecule has 3 heteroatoms. The lowest BCUT2D eigenvalue weighted by molar-refractivity contribution is 0.547. The van der Waals surface area contributed by atoms with Crippen LogP contribution in [0, 0.1) is 0 Å². The fourth-order valence-corrected chi connectivity index (χ4v) is 3.16. The Morgan fingerprint density at radius 1 is 1.21 bits per heavy atom. The summed E-state index contributed by atoms with van der Waals surface area (Å²) in [4.78, 5) is 4.46. The van der Waals surface area contributed by atoms with E-state index >= 15 is 0 Å². The molecule has 2 aromatic rings. The third-order valence-electron chi connectivity index (χ3n) is 3.62. The highest BCUT2D eigenvalue weighted by atomic mass is 32.1. The van der Waals surface area contributed by atoms with Crippen LogP contribution in [0.5, 0.6) is 0 Å². The molecule has 1 atom stereocenters. The lowest BCUT2D eigenvalue weighted by atomic mass is 10.0. The molecular weight excluding hydrogens is 252 g/mol. The van der Waals surface area contributed by atoms with E-state index in [9.17, 15) is 0 Å². The molecule has 0 saturated carbocycles. The van der Waals surface area contributed by atoms with Gasteiger partial charge in [0.05, 0.1) is 10.2 Å². The van der Waals surface area contributed by atoms with Crippen LogP contribution >= 0.6 is 11.3 Å². The van der Waals surface area contributed by atoms with Gasteiger partial charge < -0.3 is 5.73 Å². The third kappa shape index (κ3) is 4.29. The van der Waals surface area contributed by atoms with E-state index in [1.54, 1.807) is 11.3 Å². The molecule has 0 saturated heterocycles. The van der Waals surface area contributed by atoms with Gasteiger partial charge in [0.15, 0.2) is 0 Å². The van der Waals surface area contributed by atoms with Gasteiger partial charge in [0.25, 0.3) is 0 Å². The van der Waals surface area contributed by atoms with Crippen molar-refractivity contribution >= 4 is 21.6 Å². The molecule has 0 aliphatic rings. The normalized spacial score (nSPS) is 12.9. The zero-order valence-corrected chi connectivity index (χ0v) is 12.6. The highest BCUT2D eigenvalue weighted by molar-refractivity contribution is 7.17. The highest BCUT2D eigenvalue weighted by Gasteiger charge is 2.07. The van der Waals surface area contributed by atoms with Crippen molar-refractivity contribution in [2.24, 2.45) is 5.73 Å². The van der Waals surface area contributed by atoms with Crippen molar-refractivity contribution in [3.05, 3.63) is 29.3 Å². The van der Waals surface area contributed by atoms with Crippen molar-refractivity contribution in [3.63, 3.8) is 0 Å². The van der Waals surface area contributed by atoms with Gasteiger partial charge in [-0.3, -0.25) is 4.98 Å². The number of hydrogen-bond donors (Lipinski definition) is 1. The largest absolute Gasteiger partial charge is 0.324 e. The monoisotopic (exact) mass is 276 g/mol. The molecule has 0 aromatic carbocycles. The number of nitrogens with two attached hydrogens (primary N) is 1. The van der Waals surface area contributed by atoms with Crippen molar-refractivity contribution in [1.82, 2.24) is 4.98 Å². The van der Waals surface area contributed by atoms with Gasteiger partial charge in [-0.2, -0.15) is 0 Å². The number of unbranched alkanes of at least 4 members (excludes halogenated alkanes) is 5. The number of aromatic nitrogens is 1. The van der Waals surface area contributed by atoms with Gasteiger partial charge in [-0.25, -0.2) is 0 Å². The molecule has 0 aliphatic carbocycles. The molecule has 19 heavy (non-hydrogen) atoms. The molecule has 2 heterocycles. The first kappa shape index (κ1) is 14.5. The van der Waals surface area contributed by atoms with Gasteiger partial charge in [0, 0.05) is 12.2 Å². The fourth-order valence-electron chi connectivity index (χ4n) is 2.38. The maximum absolute atomic E-state index is 6.26. The maximum atomic E-state index is 6.26. The summed E-state index contributed by atoms with van der Waals surface area (Å²) >= 11 is 1.74. The predicted octanol–water partition coefficient (Wildman–Crippen LogP) is 5.05. The van der Waals surface area contributed by atoms with E-state index in [4.69, 9.17) is 5.73 Å². The first-order valence-corrected chi connectivity index (χ1v) is 8.28. The summed E-state index contributed by atoms with van der Waals surface area (Å²) in [6.45, 7) is 2.25. The zero-order valence-electron chi connectivity index (χ0n) is 11.8. The Bertz CT molecular complexity index is 492. The van der Waals surface area contributed by atoms with Gasteiger partial charge in [0.1, 0.15) is 0 Å². The van der Waals surface area contributed by atoms with Crippen LogP contribution in [0.1, 0.15) is 63.5 Å². The van der Waals surface area contributed by atoms with E-state index in [1.165, 1.54) is 48.8 Å². The summed E-state index contributed by atoms with van der Waals surface area (Å²) in [5.74, 6) is 0. The average molecular weight is 276 g/mol. The molecular formula is C16H24N2S. The van der Waals surface area contributed by atoms with Crippen molar-refractivity contribution in [2.75, 3.05) is 0 Å². The standard InChI is InChI=1S/C16H24N2S/c1-2-3-4-5-6-7-8-14(17)13-11-16-15(18-12-13)9-10-19-16/h9-12,14H,2-8,17H2,1H3. The minimum Gasteiger partial charge on any atom is -0.324 e. The van der Waals surface area contributed by atoms with Crippen LogP contribution in [-0.2, 0) is 0 Å². The van der Waals surface area contributed by atoms with Crippen LogP contribution in [0.3, 0.4) is 0 Å². The van der Waals surface area contributed by atoms with Crippen LogP contribution in [0.2, 0.25) is 0 Å². The number of fused-ring (bicyclic) bond motifs is 1. The van der Waals surface area contributed by atoms with Crippen LogP contribution in [0.4, 0.5) is 0 Å². The second-order valence-corrected chi connectivity index (χ2v) is 6.18. The molecule has 0 amide bonds. The first-order valence-electron chi connectivity index (χ1n) is 7.40. The van der Waals surface area contributed by atoms with E-state index in [0.717, 1.165) is 11.9 Å². The molecule has 104 valence electrons. The molecule has 2 aromatic heterocycles. The van der Waals surface area contributed by atoms with Crippen molar-refractivity contribution in [1.29, 1.82) is 0 Å². The van der Waals surface area contributed by atoms with E-state index in [1.807, 2.05) is 6.20 Å². The molecule has 0 spiro atoms. The Balaban J connectivity index is 1.77. The second-order valence-electron chi connectivity index (χ2n) is 5.24. The molecule has 0 bridgehead atoms. The summed E-state index contributed by atoms with van der Waals surface area (Å²) in [5.41, 5.74) is 8.53. The number of nitrogens with zero attached hydrogens (tertiary/aromatic N) is 1. The number of thiophene rings is 1. The lowest BCUT2D eigenvalue weighted by Crippen LogP contribution is -2.10. The Labute approximate surface area is 120 Å². The molecule has 0 aliphatic heterocycles. The van der Waals surface area contributed by atoms with E-state index in [0.29, 0.717) is 0 Å². The highest BCUT2D eigenvalue weighted by Crippen LogP contribution is 2.24. The van der Waals surface area contributed by atoms with Gasteiger partial charge >= 0.3 is 0 Å². The van der Waals surface area contributed by atoms with E-state index < -0.39 is 0 Å². The third-order valence-corrected chi connectivity index (χ3v) is 4.47. The summed E-state index contributed by atoms with van der Waals surface area (Å²) in [7, 11) is 0. The summed E-state index contributed by atoms with van der Waals surface area (Å²) < 4.78 is 1.25. The Hall–Kier alpha value is -0.930. The number of hydrogen-bond acceptors (Lipinski definition) is 3. The van der Waals surface area contributed by atoms with Crippen LogP contribution in [-0.4, -0.2) is 4.98 Å². The number of rotatable bonds is 8. The fraction of sp³-hybridized carbons (Fsp3) is 0.562. The number of pyridine rings is 1. The van der Waals surface area contributed by atoms with E-state index in [2.05, 4.69) is 29.4 Å². The Kier molecular flexibility index (Phi) is 5.80. The Morgan fingerprint density at radius 3 is 2.84 bits per heavy atom. The predicted molar refractivity (Wildman–Crippen MR) is 84.5 cm³/mol. The van der Waals surface area contributed by atoms with Crippen molar-refractivity contribution < 1.29 is 0 Å². The smallest absolute Gasteiger partial charge is 0.0809 e. The lowest BCUT2D eigenvalue weighted by Gasteiger charge is -2.11. The zero-order chi connectivity index (χ0) is 13.5. The summed E-state index contributed by atoms with van der Waals surface area (Å²) in [6.07, 6.45) is 10.9. The maximum Gasteiger partial charge on any atom is 0.0809 e. The SMILES string of the molecule is CCCCCCCCC(N)c1cnc2ccsc2c1. The minimum absolute atomic E-state index is 0.144. The second kappa shape index (κ2) is 7.61. The van der Waals surface area contributed by atoms with Crippen LogP contribution in [0.15, 0.2) is 23.7 Å². The summed E-state index contributed by atoms with van der Waals surface area (Å²) in [5, 5.41) is 2.08. The molecule has 2 rings (SSSR count). The average Bonchev–Trinajstić information content (AvgIpc) is 2.89. The van der Waals surface area contributed by atoms with Gasteiger partial charge in [-0.05, 0) is 29.5 Å². The van der Waals surface area contributed by atoms with E-state index in [-0.39, 0.29) is 6.04 Å². The minimum atomic E-state index is 0.144. The molecule has 0 fully saturated rings. The Morgan fingerprint density at radius 2 is 2.00 bits per heavy atom. The molecule has 2 N–H and O–H groups in total. The molecule has 2 nitrogen and oxygen atoms in total. The van der Waals surface area contributed by atoms with Crippen LogP contribution < -0.4 is 5.73 Å². The van der Waals surface area contributed by atoms with Crippen LogP contribution in [0.25, 0.3) is 10.2 Å². The van der Waals surface area contributed by atoms with Crippen molar-refractivity contribution in [2.45, 2.75) is 57.9 Å². The topological polar surface area (TPSA) is 38.9 Å². The summed E-state index contributed by atoms with van der Waals surface area (Å²) in [6, 6.07) is 4.41. The van der Waals surface area contributed by atoms with Gasteiger partial charge in [-0.15, -0.1) is 11.3 Å². The van der Waals surface area contributed by atoms with Gasteiger partial charge in [-0.1, -0.05) is 45.4 Å². The first-order chi connectivity index (χ1) is 9.31. The van der Waals surface area contributed by atoms with Crippen molar-refractivity contribution in [3.8, 4) is 0 Å². The molecule has 0 radical (unpaired) electrons. The molecule has 1 unspecified atom stereocenters. The quantitative estimate of drug-likeness (QED) is 0.685. The van der Waals surface area contributed by atoms with Gasteiger partial charge in [0.2, 0.25) is 0 Å².